The Bertz CT molecular complexity index is 1390. The number of rotatable bonds is 7. The first-order valence-corrected chi connectivity index (χ1v) is 12.5. The second-order valence-corrected chi connectivity index (χ2v) is 9.79. The zero-order chi connectivity index (χ0) is 25.7. The van der Waals surface area contributed by atoms with E-state index in [9.17, 15) is 13.6 Å². The molecule has 1 aliphatic carbocycles. The van der Waals surface area contributed by atoms with E-state index in [1.54, 1.807) is 6.07 Å². The average molecular weight is 529 g/mol. The van der Waals surface area contributed by atoms with Gasteiger partial charge in [0.05, 0.1) is 30.0 Å². The Morgan fingerprint density at radius 3 is 2.68 bits per heavy atom. The van der Waals surface area contributed by atoms with Crippen LogP contribution in [0.15, 0.2) is 40.6 Å². The van der Waals surface area contributed by atoms with Crippen LogP contribution in [0.25, 0.3) is 11.3 Å². The molecular formula is C26H23ClF2N4O4. The van der Waals surface area contributed by atoms with Gasteiger partial charge in [0.1, 0.15) is 35.5 Å². The third kappa shape index (κ3) is 4.43. The number of hydrogen-bond acceptors (Lipinski definition) is 8. The van der Waals surface area contributed by atoms with Gasteiger partial charge in [0, 0.05) is 24.4 Å². The molecule has 4 heterocycles. The quantitative estimate of drug-likeness (QED) is 0.290. The van der Waals surface area contributed by atoms with E-state index < -0.39 is 17.6 Å². The van der Waals surface area contributed by atoms with Gasteiger partial charge in [-0.3, -0.25) is 0 Å². The van der Waals surface area contributed by atoms with Crippen molar-refractivity contribution in [3.8, 4) is 11.3 Å². The molecule has 0 radical (unpaired) electrons. The van der Waals surface area contributed by atoms with Gasteiger partial charge < -0.3 is 18.9 Å². The Kier molecular flexibility index (Phi) is 6.06. The van der Waals surface area contributed by atoms with E-state index >= 15 is 0 Å². The number of halogens is 3. The summed E-state index contributed by atoms with van der Waals surface area (Å²) in [5.74, 6) is 0.166. The Morgan fingerprint density at radius 1 is 1.19 bits per heavy atom. The average Bonchev–Trinajstić information content (AvgIpc) is 3.59. The van der Waals surface area contributed by atoms with Crippen molar-refractivity contribution in [3.63, 3.8) is 0 Å². The smallest absolute Gasteiger partial charge is 0.356 e. The summed E-state index contributed by atoms with van der Waals surface area (Å²) in [6, 6.07) is 5.37. The van der Waals surface area contributed by atoms with Gasteiger partial charge in [-0.1, -0.05) is 11.2 Å². The lowest BCUT2D eigenvalue weighted by molar-refractivity contribution is 0.0593. The topological polar surface area (TPSA) is 90.6 Å². The normalized spacial score (nSPS) is 20.6. The van der Waals surface area contributed by atoms with Gasteiger partial charge in [-0.15, -0.1) is 0 Å². The molecule has 2 aliphatic heterocycles. The maximum Gasteiger partial charge on any atom is 0.356 e. The van der Waals surface area contributed by atoms with Crippen LogP contribution in [0.1, 0.15) is 59.8 Å². The van der Waals surface area contributed by atoms with Crippen LogP contribution in [0.3, 0.4) is 0 Å². The van der Waals surface area contributed by atoms with Gasteiger partial charge in [0.15, 0.2) is 5.69 Å². The van der Waals surface area contributed by atoms with Crippen LogP contribution in [-0.4, -0.2) is 40.3 Å². The van der Waals surface area contributed by atoms with Gasteiger partial charge in [-0.25, -0.2) is 23.5 Å². The molecule has 2 bridgehead atoms. The third-order valence-electron chi connectivity index (χ3n) is 7.07. The lowest BCUT2D eigenvalue weighted by atomic mass is 10.0. The molecule has 1 unspecified atom stereocenters. The Morgan fingerprint density at radius 2 is 1.97 bits per heavy atom. The number of anilines is 1. The van der Waals surface area contributed by atoms with Crippen molar-refractivity contribution in [2.75, 3.05) is 12.0 Å². The van der Waals surface area contributed by atoms with Gasteiger partial charge in [-0.05, 0) is 55.5 Å². The monoisotopic (exact) mass is 528 g/mol. The number of methoxy groups -OCH3 is 1. The van der Waals surface area contributed by atoms with E-state index in [1.165, 1.54) is 25.3 Å². The molecule has 0 spiro atoms. The van der Waals surface area contributed by atoms with Gasteiger partial charge in [-0.2, -0.15) is 0 Å². The minimum atomic E-state index is -0.697. The van der Waals surface area contributed by atoms with E-state index in [2.05, 4.69) is 20.0 Å². The first-order valence-electron chi connectivity index (χ1n) is 12.1. The predicted molar refractivity (Wildman–Crippen MR) is 129 cm³/mol. The van der Waals surface area contributed by atoms with Crippen LogP contribution in [0.2, 0.25) is 5.28 Å². The highest BCUT2D eigenvalue weighted by atomic mass is 35.5. The van der Waals surface area contributed by atoms with Crippen molar-refractivity contribution < 1.29 is 27.6 Å². The molecule has 1 aromatic carbocycles. The molecule has 1 saturated carbocycles. The van der Waals surface area contributed by atoms with E-state index in [-0.39, 0.29) is 46.8 Å². The lowest BCUT2D eigenvalue weighted by Crippen LogP contribution is -2.39. The fraction of sp³-hybridized carbons (Fsp3) is 0.385. The van der Waals surface area contributed by atoms with Crippen molar-refractivity contribution in [2.24, 2.45) is 0 Å². The highest BCUT2D eigenvalue weighted by molar-refractivity contribution is 6.28. The molecule has 192 valence electrons. The van der Waals surface area contributed by atoms with Crippen LogP contribution in [0, 0.1) is 11.6 Å². The largest absolute Gasteiger partial charge is 0.493 e. The van der Waals surface area contributed by atoms with Crippen molar-refractivity contribution in [2.45, 2.75) is 56.7 Å². The Labute approximate surface area is 216 Å². The van der Waals surface area contributed by atoms with Gasteiger partial charge in [0.2, 0.25) is 5.28 Å². The highest BCUT2D eigenvalue weighted by Gasteiger charge is 2.39. The zero-order valence-electron chi connectivity index (χ0n) is 19.9. The van der Waals surface area contributed by atoms with Crippen LogP contribution in [0.4, 0.5) is 14.6 Å². The van der Waals surface area contributed by atoms with Gasteiger partial charge in [0.25, 0.3) is 0 Å². The summed E-state index contributed by atoms with van der Waals surface area (Å²) in [5.41, 5.74) is 0.607. The summed E-state index contributed by atoms with van der Waals surface area (Å²) in [5, 5.41) is 4.01. The second-order valence-electron chi connectivity index (χ2n) is 9.45. The van der Waals surface area contributed by atoms with Crippen LogP contribution < -0.4 is 4.90 Å². The molecule has 1 saturated heterocycles. The van der Waals surface area contributed by atoms with Crippen LogP contribution in [-0.2, 0) is 16.1 Å². The predicted octanol–water partition coefficient (Wildman–Crippen LogP) is 5.57. The fourth-order valence-electron chi connectivity index (χ4n) is 5.22. The summed E-state index contributed by atoms with van der Waals surface area (Å²) in [6.07, 6.45) is 6.27. The minimum Gasteiger partial charge on any atom is -0.493 e. The van der Waals surface area contributed by atoms with Crippen molar-refractivity contribution in [1.29, 1.82) is 0 Å². The number of hydrogen-bond donors (Lipinski definition) is 0. The maximum absolute atomic E-state index is 14.6. The first-order chi connectivity index (χ1) is 17.9. The molecule has 2 fully saturated rings. The third-order valence-corrected chi connectivity index (χ3v) is 7.24. The maximum atomic E-state index is 14.6. The molecule has 2 aromatic heterocycles. The Balaban J connectivity index is 1.25. The summed E-state index contributed by atoms with van der Waals surface area (Å²) in [4.78, 5) is 22.4. The molecule has 0 N–H and O–H groups in total. The number of aromatic nitrogens is 3. The Hall–Kier alpha value is -3.53. The SMILES string of the molecule is COC(=O)c1cc(N2C3CC[C@H]2C=C(OCc2c(-c4c(F)cccc4F)noc2C2CC2)C3)nc(Cl)n1. The molecule has 11 heteroatoms. The standard InChI is InChI=1S/C26H23ClF2N4O4/c1-35-25(34)20-11-21(31-26(27)30-20)33-14-7-8-15(33)10-16(9-14)36-12-17-23(32-37-24(17)13-5-6-13)22-18(28)3-2-4-19(22)29/h2-4,9,11,13-15H,5-8,10,12H2,1H3/t14-,15?/m0/s1. The summed E-state index contributed by atoms with van der Waals surface area (Å²) in [7, 11) is 1.28. The van der Waals surface area contributed by atoms with Crippen molar-refractivity contribution in [1.82, 2.24) is 15.1 Å². The molecule has 8 nitrogen and oxygen atoms in total. The second kappa shape index (κ2) is 9.41. The summed E-state index contributed by atoms with van der Waals surface area (Å²) in [6.45, 7) is 0.0928. The van der Waals surface area contributed by atoms with E-state index in [0.29, 0.717) is 23.6 Å². The van der Waals surface area contributed by atoms with Crippen molar-refractivity contribution in [3.05, 3.63) is 70.0 Å². The molecular weight excluding hydrogens is 506 g/mol. The zero-order valence-corrected chi connectivity index (χ0v) is 20.7. The highest BCUT2D eigenvalue weighted by Crippen LogP contribution is 2.45. The van der Waals surface area contributed by atoms with E-state index in [4.69, 9.17) is 25.6 Å². The molecule has 3 aromatic rings. The minimum absolute atomic E-state index is 0.0147. The molecule has 2 atom stereocenters. The first kappa shape index (κ1) is 23.8. The van der Waals surface area contributed by atoms with Gasteiger partial charge >= 0.3 is 5.97 Å². The molecule has 6 rings (SSSR count). The van der Waals surface area contributed by atoms with Crippen LogP contribution in [0.5, 0.6) is 0 Å². The number of benzene rings is 1. The van der Waals surface area contributed by atoms with E-state index in [1.807, 2.05) is 6.08 Å². The number of fused-ring (bicyclic) bond motifs is 2. The number of esters is 1. The fourth-order valence-corrected chi connectivity index (χ4v) is 5.39. The molecule has 3 aliphatic rings. The summed E-state index contributed by atoms with van der Waals surface area (Å²) >= 11 is 6.09. The number of nitrogens with zero attached hydrogens (tertiary/aromatic N) is 4. The molecule has 0 amide bonds. The lowest BCUT2D eigenvalue weighted by Gasteiger charge is -2.34. The molecule has 37 heavy (non-hydrogen) atoms. The van der Waals surface area contributed by atoms with Crippen LogP contribution >= 0.6 is 11.6 Å². The van der Waals surface area contributed by atoms with E-state index in [0.717, 1.165) is 31.4 Å². The van der Waals surface area contributed by atoms with Crippen molar-refractivity contribution >= 4 is 23.4 Å². The number of carbonyl (C=O) groups excluding carboxylic acids is 1. The summed E-state index contributed by atoms with van der Waals surface area (Å²) < 4.78 is 45.6. The number of ether oxygens (including phenoxy) is 2. The number of carbonyl (C=O) groups is 1.